The Balaban J connectivity index is 1.64. The van der Waals surface area contributed by atoms with Crippen molar-refractivity contribution >= 4 is 23.5 Å². The van der Waals surface area contributed by atoms with Crippen LogP contribution in [0.15, 0.2) is 46.4 Å². The predicted octanol–water partition coefficient (Wildman–Crippen LogP) is 3.03. The highest BCUT2D eigenvalue weighted by atomic mass is 32.2. The number of aromatic nitrogens is 5. The van der Waals surface area contributed by atoms with Gasteiger partial charge in [0.05, 0.1) is 17.0 Å². The number of amides is 1. The highest BCUT2D eigenvalue weighted by Crippen LogP contribution is 2.26. The highest BCUT2D eigenvalue weighted by molar-refractivity contribution is 8.00. The van der Waals surface area contributed by atoms with Gasteiger partial charge in [0.2, 0.25) is 11.8 Å². The average molecular weight is 358 g/mol. The summed E-state index contributed by atoms with van der Waals surface area (Å²) in [7, 11) is 0. The van der Waals surface area contributed by atoms with Crippen LogP contribution in [0.4, 0.5) is 5.82 Å². The monoisotopic (exact) mass is 358 g/mol. The van der Waals surface area contributed by atoms with Crippen LogP contribution in [0.3, 0.4) is 0 Å². The first-order chi connectivity index (χ1) is 12.0. The molecule has 0 aliphatic heterocycles. The number of carbonyl (C=O) groups excluding carboxylic acids is 1. The van der Waals surface area contributed by atoms with E-state index in [2.05, 4.69) is 25.6 Å². The van der Waals surface area contributed by atoms with Crippen LogP contribution in [-0.4, -0.2) is 36.1 Å². The summed E-state index contributed by atoms with van der Waals surface area (Å²) in [6.07, 6.45) is 4.97. The quantitative estimate of drug-likeness (QED) is 0.676. The Morgan fingerprint density at radius 1 is 1.24 bits per heavy atom. The van der Waals surface area contributed by atoms with Gasteiger partial charge in [0.15, 0.2) is 0 Å². The van der Waals surface area contributed by atoms with Gasteiger partial charge < -0.3 is 9.73 Å². The molecule has 0 spiro atoms. The summed E-state index contributed by atoms with van der Waals surface area (Å²) in [4.78, 5) is 16.4. The standard InChI is InChI=1S/C16H18N6O2S/c1-10(2)22-13(6-8-18-22)19-14(23)11(3)25-16-21-20-15(24-16)12-5-4-7-17-9-12/h4-11H,1-3H3,(H,19,23)/t11-/m0/s1. The molecule has 9 heteroatoms. The lowest BCUT2D eigenvalue weighted by Gasteiger charge is -2.13. The van der Waals surface area contributed by atoms with Crippen molar-refractivity contribution in [1.82, 2.24) is 25.0 Å². The van der Waals surface area contributed by atoms with Crippen LogP contribution in [-0.2, 0) is 4.79 Å². The van der Waals surface area contributed by atoms with Crippen LogP contribution < -0.4 is 5.32 Å². The van der Waals surface area contributed by atoms with Crippen LogP contribution in [0.5, 0.6) is 0 Å². The number of thioether (sulfide) groups is 1. The Morgan fingerprint density at radius 3 is 2.80 bits per heavy atom. The molecule has 0 aliphatic carbocycles. The van der Waals surface area contributed by atoms with Gasteiger partial charge in [0.1, 0.15) is 5.82 Å². The first-order valence-electron chi connectivity index (χ1n) is 7.79. The third-order valence-electron chi connectivity index (χ3n) is 3.37. The molecule has 3 heterocycles. The predicted molar refractivity (Wildman–Crippen MR) is 94.1 cm³/mol. The largest absolute Gasteiger partial charge is 0.411 e. The number of rotatable bonds is 6. The molecule has 0 fully saturated rings. The smallest absolute Gasteiger partial charge is 0.277 e. The average Bonchev–Trinajstić information content (AvgIpc) is 3.25. The van der Waals surface area contributed by atoms with Gasteiger partial charge in [0.25, 0.3) is 5.22 Å². The van der Waals surface area contributed by atoms with Gasteiger partial charge in [-0.1, -0.05) is 11.8 Å². The number of nitrogens with one attached hydrogen (secondary N) is 1. The minimum atomic E-state index is -0.405. The Hall–Kier alpha value is -2.68. The first-order valence-corrected chi connectivity index (χ1v) is 8.67. The van der Waals surface area contributed by atoms with Crippen molar-refractivity contribution in [1.29, 1.82) is 0 Å². The number of hydrogen-bond acceptors (Lipinski definition) is 7. The first kappa shape index (κ1) is 17.2. The molecule has 3 aromatic heterocycles. The van der Waals surface area contributed by atoms with Crippen molar-refractivity contribution < 1.29 is 9.21 Å². The number of nitrogens with zero attached hydrogens (tertiary/aromatic N) is 5. The third-order valence-corrected chi connectivity index (χ3v) is 4.31. The molecule has 8 nitrogen and oxygen atoms in total. The van der Waals surface area contributed by atoms with Crippen LogP contribution in [0.1, 0.15) is 26.8 Å². The summed E-state index contributed by atoms with van der Waals surface area (Å²) < 4.78 is 7.34. The van der Waals surface area contributed by atoms with Crippen LogP contribution >= 0.6 is 11.8 Å². The number of anilines is 1. The molecule has 0 aromatic carbocycles. The molecule has 0 saturated heterocycles. The van der Waals surface area contributed by atoms with E-state index in [4.69, 9.17) is 4.42 Å². The summed E-state index contributed by atoms with van der Waals surface area (Å²) in [6, 6.07) is 5.55. The van der Waals surface area contributed by atoms with Gasteiger partial charge >= 0.3 is 0 Å². The van der Waals surface area contributed by atoms with Crippen molar-refractivity contribution in [3.05, 3.63) is 36.8 Å². The number of carbonyl (C=O) groups is 1. The zero-order chi connectivity index (χ0) is 17.8. The van der Waals surface area contributed by atoms with Crippen LogP contribution in [0, 0.1) is 0 Å². The fourth-order valence-corrected chi connectivity index (χ4v) is 2.80. The minimum absolute atomic E-state index is 0.159. The van der Waals surface area contributed by atoms with E-state index in [0.29, 0.717) is 16.9 Å². The van der Waals surface area contributed by atoms with E-state index in [1.807, 2.05) is 19.9 Å². The minimum Gasteiger partial charge on any atom is -0.411 e. The lowest BCUT2D eigenvalue weighted by Crippen LogP contribution is -2.24. The van der Waals surface area contributed by atoms with E-state index in [0.717, 1.165) is 5.56 Å². The van der Waals surface area contributed by atoms with Crippen molar-refractivity contribution in [3.63, 3.8) is 0 Å². The van der Waals surface area contributed by atoms with Crippen molar-refractivity contribution in [2.24, 2.45) is 0 Å². The zero-order valence-corrected chi connectivity index (χ0v) is 14.9. The van der Waals surface area contributed by atoms with E-state index in [1.54, 1.807) is 42.3 Å². The Kier molecular flexibility index (Phi) is 5.13. The summed E-state index contributed by atoms with van der Waals surface area (Å²) in [5.74, 6) is 0.878. The molecular formula is C16H18N6O2S. The molecule has 0 radical (unpaired) electrons. The van der Waals surface area contributed by atoms with Gasteiger partial charge in [0, 0.05) is 24.5 Å². The fraction of sp³-hybridized carbons (Fsp3) is 0.312. The number of hydrogen-bond donors (Lipinski definition) is 1. The van der Waals surface area contributed by atoms with Gasteiger partial charge in [-0.25, -0.2) is 4.68 Å². The lowest BCUT2D eigenvalue weighted by atomic mass is 10.3. The second-order valence-corrected chi connectivity index (χ2v) is 6.91. The van der Waals surface area contributed by atoms with Gasteiger partial charge in [-0.05, 0) is 32.9 Å². The topological polar surface area (TPSA) is 98.7 Å². The summed E-state index contributed by atoms with van der Waals surface area (Å²) in [5, 5.41) is 15.0. The normalized spacial score (nSPS) is 12.3. The van der Waals surface area contributed by atoms with Gasteiger partial charge in [-0.3, -0.25) is 9.78 Å². The molecule has 130 valence electrons. The van der Waals surface area contributed by atoms with E-state index < -0.39 is 5.25 Å². The molecule has 1 N–H and O–H groups in total. The van der Waals surface area contributed by atoms with E-state index >= 15 is 0 Å². The molecule has 0 unspecified atom stereocenters. The molecule has 3 aromatic rings. The molecule has 0 aliphatic rings. The maximum absolute atomic E-state index is 12.4. The molecule has 1 atom stereocenters. The van der Waals surface area contributed by atoms with Gasteiger partial charge in [-0.15, -0.1) is 10.2 Å². The fourth-order valence-electron chi connectivity index (χ4n) is 2.12. The third kappa shape index (κ3) is 4.05. The second kappa shape index (κ2) is 7.47. The van der Waals surface area contributed by atoms with E-state index in [1.165, 1.54) is 11.8 Å². The Labute approximate surface area is 149 Å². The molecule has 0 saturated carbocycles. The molecule has 3 rings (SSSR count). The SMILES string of the molecule is CC(C)n1nccc1NC(=O)[C@H](C)Sc1nnc(-c2cccnc2)o1. The lowest BCUT2D eigenvalue weighted by molar-refractivity contribution is -0.115. The molecule has 25 heavy (non-hydrogen) atoms. The highest BCUT2D eigenvalue weighted by Gasteiger charge is 2.20. The van der Waals surface area contributed by atoms with E-state index in [-0.39, 0.29) is 11.9 Å². The summed E-state index contributed by atoms with van der Waals surface area (Å²) in [5.41, 5.74) is 0.736. The zero-order valence-electron chi connectivity index (χ0n) is 14.1. The molecule has 1 amide bonds. The molecular weight excluding hydrogens is 340 g/mol. The van der Waals surface area contributed by atoms with E-state index in [9.17, 15) is 4.79 Å². The molecule has 0 bridgehead atoms. The summed E-state index contributed by atoms with van der Waals surface area (Å²) in [6.45, 7) is 5.78. The number of pyridine rings is 1. The second-order valence-electron chi connectivity index (χ2n) is 5.62. The van der Waals surface area contributed by atoms with Crippen LogP contribution in [0.25, 0.3) is 11.5 Å². The van der Waals surface area contributed by atoms with Crippen LogP contribution in [0.2, 0.25) is 0 Å². The van der Waals surface area contributed by atoms with Crippen molar-refractivity contribution in [3.8, 4) is 11.5 Å². The van der Waals surface area contributed by atoms with Gasteiger partial charge in [-0.2, -0.15) is 5.10 Å². The maximum Gasteiger partial charge on any atom is 0.277 e. The Morgan fingerprint density at radius 2 is 2.08 bits per heavy atom. The van der Waals surface area contributed by atoms with Crippen molar-refractivity contribution in [2.75, 3.05) is 5.32 Å². The summed E-state index contributed by atoms with van der Waals surface area (Å²) >= 11 is 1.20. The Bertz CT molecular complexity index is 845. The maximum atomic E-state index is 12.4. The van der Waals surface area contributed by atoms with Crippen molar-refractivity contribution in [2.45, 2.75) is 37.3 Å².